The highest BCUT2D eigenvalue weighted by Gasteiger charge is 2.28. The molecule has 31 heavy (non-hydrogen) atoms. The average Bonchev–Trinajstić information content (AvgIpc) is 2.78. The minimum Gasteiger partial charge on any atom is -0.343 e. The van der Waals surface area contributed by atoms with E-state index in [1.165, 1.54) is 12.1 Å². The lowest BCUT2D eigenvalue weighted by atomic mass is 9.95. The molecule has 2 aromatic rings. The fraction of sp³-hybridized carbons (Fsp3) is 0.300. The summed E-state index contributed by atoms with van der Waals surface area (Å²) in [6, 6.07) is 8.80. The molecule has 3 N–H and O–H groups in total. The van der Waals surface area contributed by atoms with E-state index in [4.69, 9.17) is 28.7 Å². The number of fused-ring (bicyclic) bond motifs is 1. The van der Waals surface area contributed by atoms with Crippen molar-refractivity contribution in [1.82, 2.24) is 10.6 Å². The molecule has 162 valence electrons. The van der Waals surface area contributed by atoms with Gasteiger partial charge in [-0.2, -0.15) is 0 Å². The smallest absolute Gasteiger partial charge is 0.247 e. The average molecular weight is 465 g/mol. The zero-order chi connectivity index (χ0) is 22.4. The van der Waals surface area contributed by atoms with Crippen LogP contribution in [0.15, 0.2) is 41.5 Å². The van der Waals surface area contributed by atoms with Crippen LogP contribution in [-0.4, -0.2) is 30.4 Å². The van der Waals surface area contributed by atoms with Gasteiger partial charge in [-0.25, -0.2) is 4.39 Å². The van der Waals surface area contributed by atoms with Crippen molar-refractivity contribution in [2.45, 2.75) is 31.5 Å². The molecule has 0 radical (unpaired) electrons. The number of halogens is 3. The molecule has 0 saturated heterocycles. The summed E-state index contributed by atoms with van der Waals surface area (Å²) in [6.45, 7) is 0.498. The van der Waals surface area contributed by atoms with Crippen molar-refractivity contribution in [3.05, 3.63) is 73.8 Å². The molecule has 1 aliphatic heterocycles. The summed E-state index contributed by atoms with van der Waals surface area (Å²) in [7, 11) is 0. The second-order valence-corrected chi connectivity index (χ2v) is 7.71. The van der Waals surface area contributed by atoms with Crippen molar-refractivity contribution < 1.29 is 14.0 Å². The van der Waals surface area contributed by atoms with Crippen LogP contribution in [-0.2, 0) is 22.6 Å². The molecule has 1 aliphatic rings. The molecule has 8 nitrogen and oxygen atoms in total. The minimum atomic E-state index is -1.05. The van der Waals surface area contributed by atoms with Gasteiger partial charge in [-0.05, 0) is 41.6 Å². The zero-order valence-electron chi connectivity index (χ0n) is 16.2. The molecule has 0 aromatic heterocycles. The highest BCUT2D eigenvalue weighted by molar-refractivity contribution is 6.42. The third-order valence-corrected chi connectivity index (χ3v) is 5.69. The minimum absolute atomic E-state index is 0.00836. The van der Waals surface area contributed by atoms with E-state index in [1.807, 2.05) is 24.3 Å². The Hall–Kier alpha value is -2.84. The maximum Gasteiger partial charge on any atom is 0.247 e. The van der Waals surface area contributed by atoms with Gasteiger partial charge in [0.05, 0.1) is 21.8 Å². The molecule has 0 fully saturated rings. The molecule has 0 saturated carbocycles. The molecule has 3 rings (SSSR count). The lowest BCUT2D eigenvalue weighted by Crippen LogP contribution is -2.53. The van der Waals surface area contributed by atoms with Crippen molar-refractivity contribution in [3.8, 4) is 0 Å². The van der Waals surface area contributed by atoms with Crippen molar-refractivity contribution in [1.29, 1.82) is 0 Å². The molecule has 1 unspecified atom stereocenters. The number of carbonyl (C=O) groups is 2. The Morgan fingerprint density at radius 1 is 1.26 bits per heavy atom. The maximum absolute atomic E-state index is 14.3. The lowest BCUT2D eigenvalue weighted by molar-refractivity contribution is -0.128. The number of hydrogen-bond donors (Lipinski definition) is 3. The molecule has 2 amide bonds. The molecule has 0 aliphatic carbocycles. The summed E-state index contributed by atoms with van der Waals surface area (Å²) in [4.78, 5) is 28.2. The number of carbonyl (C=O) groups excluding carboxylic acids is 2. The van der Waals surface area contributed by atoms with Gasteiger partial charge in [-0.15, -0.1) is 0 Å². The van der Waals surface area contributed by atoms with Crippen LogP contribution in [0.25, 0.3) is 10.4 Å². The molecule has 11 heteroatoms. The largest absolute Gasteiger partial charge is 0.343 e. The summed E-state index contributed by atoms with van der Waals surface area (Å²) < 4.78 is 14.3. The Bertz CT molecular complexity index is 1040. The zero-order valence-corrected chi connectivity index (χ0v) is 17.8. The highest BCUT2D eigenvalue weighted by Crippen LogP contribution is 2.30. The van der Waals surface area contributed by atoms with Gasteiger partial charge in [-0.3, -0.25) is 9.59 Å². The molecule has 0 spiro atoms. The van der Waals surface area contributed by atoms with Crippen LogP contribution in [0.4, 0.5) is 10.1 Å². The Balaban J connectivity index is 1.71. The summed E-state index contributed by atoms with van der Waals surface area (Å²) in [5, 5.41) is 11.3. The van der Waals surface area contributed by atoms with E-state index >= 15 is 0 Å². The van der Waals surface area contributed by atoms with Crippen LogP contribution < -0.4 is 16.0 Å². The van der Waals surface area contributed by atoms with Crippen molar-refractivity contribution in [3.63, 3.8) is 0 Å². The van der Waals surface area contributed by atoms with Gasteiger partial charge < -0.3 is 16.0 Å². The number of anilines is 1. The normalized spacial score (nSPS) is 15.9. The third kappa shape index (κ3) is 5.65. The first-order chi connectivity index (χ1) is 14.9. The van der Waals surface area contributed by atoms with Crippen LogP contribution in [0, 0.1) is 5.82 Å². The first-order valence-corrected chi connectivity index (χ1v) is 10.2. The van der Waals surface area contributed by atoms with Crippen LogP contribution in [0.1, 0.15) is 17.5 Å². The Labute approximate surface area is 187 Å². The second kappa shape index (κ2) is 10.5. The van der Waals surface area contributed by atoms with E-state index < -0.39 is 23.8 Å². The van der Waals surface area contributed by atoms with Gasteiger partial charge in [0.15, 0.2) is 5.82 Å². The first kappa shape index (κ1) is 22.8. The van der Waals surface area contributed by atoms with Gasteiger partial charge >= 0.3 is 0 Å². The molecule has 2 aromatic carbocycles. The number of benzene rings is 2. The molecule has 0 bridgehead atoms. The number of nitrogens with zero attached hydrogens (tertiary/aromatic N) is 3. The number of amides is 2. The number of hydrogen-bond acceptors (Lipinski definition) is 4. The van der Waals surface area contributed by atoms with Gasteiger partial charge in [0.2, 0.25) is 11.8 Å². The molecule has 1 heterocycles. The SMILES string of the molecule is [N-]=[N+]=NCCC(NC(=O)[C@@H]1Cc2ccccc2CN1)C(=O)Nc1ccc(Cl)c(Cl)c1F. The van der Waals surface area contributed by atoms with E-state index in [1.54, 1.807) is 0 Å². The predicted molar refractivity (Wildman–Crippen MR) is 116 cm³/mol. The van der Waals surface area contributed by atoms with Crippen LogP contribution in [0.2, 0.25) is 10.0 Å². The van der Waals surface area contributed by atoms with E-state index in [-0.39, 0.29) is 34.6 Å². The fourth-order valence-corrected chi connectivity index (χ4v) is 3.57. The standard InChI is InChI=1S/C20H19Cl2FN6O2/c21-13-5-6-14(18(23)17(13)22)27-19(30)15(7-8-26-29-24)28-20(31)16-9-11-3-1-2-4-12(11)10-25-16/h1-6,15-16,25H,7-10H2,(H,27,30)(H,28,31)/t15?,16-/m0/s1. The second-order valence-electron chi connectivity index (χ2n) is 6.92. The number of azide groups is 1. The van der Waals surface area contributed by atoms with Crippen molar-refractivity contribution in [2.24, 2.45) is 5.11 Å². The van der Waals surface area contributed by atoms with Gasteiger partial charge in [-0.1, -0.05) is 52.6 Å². The maximum atomic E-state index is 14.3. The van der Waals surface area contributed by atoms with Crippen LogP contribution >= 0.6 is 23.2 Å². The Morgan fingerprint density at radius 3 is 2.74 bits per heavy atom. The van der Waals surface area contributed by atoms with E-state index in [2.05, 4.69) is 26.0 Å². The predicted octanol–water partition coefficient (Wildman–Crippen LogP) is 3.97. The summed E-state index contributed by atoms with van der Waals surface area (Å²) in [6.07, 6.45) is 0.502. The van der Waals surface area contributed by atoms with E-state index in [0.29, 0.717) is 13.0 Å². The first-order valence-electron chi connectivity index (χ1n) is 9.46. The summed E-state index contributed by atoms with van der Waals surface area (Å²) in [5.74, 6) is -1.94. The van der Waals surface area contributed by atoms with Crippen LogP contribution in [0.3, 0.4) is 0 Å². The van der Waals surface area contributed by atoms with Gasteiger partial charge in [0.1, 0.15) is 6.04 Å². The lowest BCUT2D eigenvalue weighted by Gasteiger charge is -2.27. The highest BCUT2D eigenvalue weighted by atomic mass is 35.5. The molecular weight excluding hydrogens is 446 g/mol. The van der Waals surface area contributed by atoms with Crippen LogP contribution in [0.5, 0.6) is 0 Å². The number of nitrogens with one attached hydrogen (secondary N) is 3. The topological polar surface area (TPSA) is 119 Å². The third-order valence-electron chi connectivity index (χ3n) is 4.90. The Morgan fingerprint density at radius 2 is 2.00 bits per heavy atom. The molecular formula is C20H19Cl2FN6O2. The van der Waals surface area contributed by atoms with E-state index in [9.17, 15) is 14.0 Å². The quantitative estimate of drug-likeness (QED) is 0.248. The monoisotopic (exact) mass is 464 g/mol. The van der Waals surface area contributed by atoms with Crippen molar-refractivity contribution in [2.75, 3.05) is 11.9 Å². The van der Waals surface area contributed by atoms with Gasteiger partial charge in [0, 0.05) is 18.0 Å². The summed E-state index contributed by atoms with van der Waals surface area (Å²) in [5.41, 5.74) is 10.5. The van der Waals surface area contributed by atoms with Gasteiger partial charge in [0.25, 0.3) is 0 Å². The summed E-state index contributed by atoms with van der Waals surface area (Å²) >= 11 is 11.5. The van der Waals surface area contributed by atoms with Crippen molar-refractivity contribution >= 4 is 40.7 Å². The van der Waals surface area contributed by atoms with E-state index in [0.717, 1.165) is 11.1 Å². The Kier molecular flexibility index (Phi) is 7.70. The molecule has 2 atom stereocenters. The number of rotatable bonds is 7. The fourth-order valence-electron chi connectivity index (χ4n) is 3.25.